The van der Waals surface area contributed by atoms with Gasteiger partial charge in [0.1, 0.15) is 11.5 Å². The number of pyridine rings is 1. The number of halogens is 1. The highest BCUT2D eigenvalue weighted by molar-refractivity contribution is 7.92. The molecule has 2 aliphatic rings. The van der Waals surface area contributed by atoms with Crippen molar-refractivity contribution in [2.75, 3.05) is 19.3 Å². The predicted molar refractivity (Wildman–Crippen MR) is 107 cm³/mol. The van der Waals surface area contributed by atoms with Crippen molar-refractivity contribution in [2.24, 2.45) is 10.7 Å². The van der Waals surface area contributed by atoms with Gasteiger partial charge in [-0.1, -0.05) is 17.7 Å². The molecule has 0 atom stereocenters. The topological polar surface area (TPSA) is 123 Å². The molecule has 4 rings (SSSR count). The SMILES string of the molecule is CS(=O)(=O)C1CN(S(=O)(=O)c2ccc(-c3ccc4c(n3)C(N)=NC4)c(Cl)c2)C1. The van der Waals surface area contributed by atoms with Gasteiger partial charge in [0.05, 0.1) is 27.4 Å². The summed E-state index contributed by atoms with van der Waals surface area (Å²) in [5.41, 5.74) is 8.50. The minimum atomic E-state index is -3.81. The van der Waals surface area contributed by atoms with Gasteiger partial charge in [0.25, 0.3) is 0 Å². The number of aromatic nitrogens is 1. The molecule has 2 N–H and O–H groups in total. The zero-order valence-electron chi connectivity index (χ0n) is 14.8. The number of rotatable bonds is 4. The first-order valence-electron chi connectivity index (χ1n) is 8.36. The number of nitrogens with two attached hydrogens (primary N) is 1. The summed E-state index contributed by atoms with van der Waals surface area (Å²) in [7, 11) is -7.07. The average molecular weight is 441 g/mol. The lowest BCUT2D eigenvalue weighted by Gasteiger charge is -2.36. The Morgan fingerprint density at radius 2 is 1.86 bits per heavy atom. The van der Waals surface area contributed by atoms with E-state index >= 15 is 0 Å². The summed E-state index contributed by atoms with van der Waals surface area (Å²) in [5, 5.41) is -0.443. The number of nitrogens with zero attached hydrogens (tertiary/aromatic N) is 3. The average Bonchev–Trinajstić information content (AvgIpc) is 2.92. The third-order valence-electron chi connectivity index (χ3n) is 4.92. The molecular formula is C17H17ClN4O4S2. The van der Waals surface area contributed by atoms with Crippen LogP contribution in [0.5, 0.6) is 0 Å². The Morgan fingerprint density at radius 1 is 1.14 bits per heavy atom. The third kappa shape index (κ3) is 3.20. The van der Waals surface area contributed by atoms with Crippen LogP contribution >= 0.6 is 11.6 Å². The Bertz CT molecular complexity index is 1220. The number of aliphatic imine (C=N–C) groups is 1. The van der Waals surface area contributed by atoms with E-state index in [0.29, 0.717) is 29.3 Å². The first-order chi connectivity index (χ1) is 13.1. The first-order valence-corrected chi connectivity index (χ1v) is 12.1. The number of benzene rings is 1. The van der Waals surface area contributed by atoms with Gasteiger partial charge in [0, 0.05) is 30.5 Å². The van der Waals surface area contributed by atoms with Crippen LogP contribution in [0.1, 0.15) is 11.3 Å². The van der Waals surface area contributed by atoms with Crippen LogP contribution in [0.4, 0.5) is 0 Å². The molecular weight excluding hydrogens is 424 g/mol. The molecule has 0 aliphatic carbocycles. The minimum Gasteiger partial charge on any atom is -0.382 e. The molecule has 0 radical (unpaired) electrons. The number of sulfone groups is 1. The number of fused-ring (bicyclic) bond motifs is 1. The molecule has 0 amide bonds. The van der Waals surface area contributed by atoms with Crippen molar-refractivity contribution in [3.8, 4) is 11.3 Å². The van der Waals surface area contributed by atoms with Crippen LogP contribution in [-0.4, -0.2) is 56.6 Å². The summed E-state index contributed by atoms with van der Waals surface area (Å²) in [4.78, 5) is 8.64. The van der Waals surface area contributed by atoms with Crippen LogP contribution in [0.3, 0.4) is 0 Å². The molecule has 0 spiro atoms. The molecule has 11 heteroatoms. The fourth-order valence-electron chi connectivity index (χ4n) is 3.11. The highest BCUT2D eigenvalue weighted by atomic mass is 35.5. The van der Waals surface area contributed by atoms with E-state index in [-0.39, 0.29) is 23.0 Å². The molecule has 2 aromatic rings. The summed E-state index contributed by atoms with van der Waals surface area (Å²) in [6.45, 7) is 0.390. The zero-order chi connectivity index (χ0) is 20.3. The van der Waals surface area contributed by atoms with Crippen LogP contribution in [0.15, 0.2) is 40.2 Å². The lowest BCUT2D eigenvalue weighted by atomic mass is 10.1. The molecule has 148 valence electrons. The Balaban J connectivity index is 1.62. The number of hydrogen-bond acceptors (Lipinski definition) is 7. The molecule has 0 unspecified atom stereocenters. The summed E-state index contributed by atoms with van der Waals surface area (Å²) in [6.07, 6.45) is 1.11. The van der Waals surface area contributed by atoms with Crippen molar-refractivity contribution < 1.29 is 16.8 Å². The molecule has 0 saturated carbocycles. The summed E-state index contributed by atoms with van der Waals surface area (Å²) in [5.74, 6) is 0.366. The maximum atomic E-state index is 12.7. The predicted octanol–water partition coefficient (Wildman–Crippen LogP) is 1.04. The smallest absolute Gasteiger partial charge is 0.243 e. The fourth-order valence-corrected chi connectivity index (χ4v) is 6.10. The van der Waals surface area contributed by atoms with Gasteiger partial charge >= 0.3 is 0 Å². The van der Waals surface area contributed by atoms with E-state index in [1.807, 2.05) is 6.07 Å². The molecule has 1 saturated heterocycles. The maximum absolute atomic E-state index is 12.7. The van der Waals surface area contributed by atoms with Gasteiger partial charge in [-0.2, -0.15) is 4.31 Å². The Morgan fingerprint density at radius 3 is 2.50 bits per heavy atom. The number of sulfonamides is 1. The third-order valence-corrected chi connectivity index (χ3v) is 8.56. The van der Waals surface area contributed by atoms with Crippen LogP contribution in [-0.2, 0) is 26.4 Å². The minimum absolute atomic E-state index is 0.00966. The highest BCUT2D eigenvalue weighted by Gasteiger charge is 2.41. The van der Waals surface area contributed by atoms with Gasteiger partial charge < -0.3 is 5.73 Å². The van der Waals surface area contributed by atoms with Crippen LogP contribution in [0.25, 0.3) is 11.3 Å². The van der Waals surface area contributed by atoms with Crippen molar-refractivity contribution >= 4 is 37.3 Å². The monoisotopic (exact) mass is 440 g/mol. The molecule has 2 aliphatic heterocycles. The Kier molecular flexibility index (Phi) is 4.49. The molecule has 1 fully saturated rings. The van der Waals surface area contributed by atoms with E-state index < -0.39 is 25.1 Å². The molecule has 8 nitrogen and oxygen atoms in total. The Hall–Kier alpha value is -2.01. The van der Waals surface area contributed by atoms with E-state index in [1.54, 1.807) is 12.1 Å². The quantitative estimate of drug-likeness (QED) is 0.757. The maximum Gasteiger partial charge on any atom is 0.243 e. The molecule has 1 aromatic carbocycles. The van der Waals surface area contributed by atoms with Gasteiger partial charge in [-0.15, -0.1) is 0 Å². The van der Waals surface area contributed by atoms with Crippen molar-refractivity contribution in [3.05, 3.63) is 46.6 Å². The van der Waals surface area contributed by atoms with E-state index in [9.17, 15) is 16.8 Å². The summed E-state index contributed by atoms with van der Waals surface area (Å²) >= 11 is 6.34. The van der Waals surface area contributed by atoms with E-state index in [1.165, 1.54) is 12.1 Å². The van der Waals surface area contributed by atoms with Crippen LogP contribution in [0.2, 0.25) is 5.02 Å². The van der Waals surface area contributed by atoms with Gasteiger partial charge in [-0.05, 0) is 24.3 Å². The van der Waals surface area contributed by atoms with Crippen molar-refractivity contribution in [2.45, 2.75) is 16.7 Å². The largest absolute Gasteiger partial charge is 0.382 e. The van der Waals surface area contributed by atoms with Gasteiger partial charge in [0.2, 0.25) is 10.0 Å². The van der Waals surface area contributed by atoms with Crippen LogP contribution < -0.4 is 5.73 Å². The van der Waals surface area contributed by atoms with Crippen molar-refractivity contribution in [1.82, 2.24) is 9.29 Å². The summed E-state index contributed by atoms with van der Waals surface area (Å²) < 4.78 is 49.6. The second-order valence-electron chi connectivity index (χ2n) is 6.82. The van der Waals surface area contributed by atoms with Crippen molar-refractivity contribution in [3.63, 3.8) is 0 Å². The molecule has 3 heterocycles. The number of amidine groups is 1. The zero-order valence-corrected chi connectivity index (χ0v) is 17.2. The van der Waals surface area contributed by atoms with Gasteiger partial charge in [-0.25, -0.2) is 21.8 Å². The number of hydrogen-bond donors (Lipinski definition) is 1. The van der Waals surface area contributed by atoms with E-state index in [4.69, 9.17) is 17.3 Å². The lowest BCUT2D eigenvalue weighted by molar-refractivity contribution is 0.310. The van der Waals surface area contributed by atoms with Crippen LogP contribution in [0, 0.1) is 0 Å². The standard InChI is InChI=1S/C17H17ClN4O4S2/c1-27(23,24)12-8-22(9-12)28(25,26)11-3-4-13(14(18)6-11)15-5-2-10-7-20-17(19)16(10)21-15/h2-6,12H,7-9H2,1H3,(H2,19,20). The highest BCUT2D eigenvalue weighted by Crippen LogP contribution is 2.32. The van der Waals surface area contributed by atoms with Gasteiger partial charge in [0.15, 0.2) is 9.84 Å². The second-order valence-corrected chi connectivity index (χ2v) is 11.5. The normalized spacial score (nSPS) is 17.9. The second kappa shape index (κ2) is 6.51. The molecule has 28 heavy (non-hydrogen) atoms. The summed E-state index contributed by atoms with van der Waals surface area (Å²) in [6, 6.07) is 8.03. The Labute approximate surface area is 168 Å². The van der Waals surface area contributed by atoms with Crippen molar-refractivity contribution in [1.29, 1.82) is 0 Å². The molecule has 0 bridgehead atoms. The van der Waals surface area contributed by atoms with Gasteiger partial charge in [-0.3, -0.25) is 4.99 Å². The lowest BCUT2D eigenvalue weighted by Crippen LogP contribution is -2.56. The van der Waals surface area contributed by atoms with E-state index in [0.717, 1.165) is 16.1 Å². The molecule has 1 aromatic heterocycles. The fraction of sp³-hybridized carbons (Fsp3) is 0.294. The first kappa shape index (κ1) is 19.3. The van der Waals surface area contributed by atoms with E-state index in [2.05, 4.69) is 9.98 Å².